The van der Waals surface area contributed by atoms with Gasteiger partial charge in [0.15, 0.2) is 11.5 Å². The summed E-state index contributed by atoms with van der Waals surface area (Å²) in [6, 6.07) is 3.98. The molecule has 0 bridgehead atoms. The molecule has 0 saturated carbocycles. The van der Waals surface area contributed by atoms with Crippen LogP contribution in [0.2, 0.25) is 0 Å². The average Bonchev–Trinajstić information content (AvgIpc) is 3.16. The molecule has 7 nitrogen and oxygen atoms in total. The summed E-state index contributed by atoms with van der Waals surface area (Å²) in [7, 11) is 1.90. The molecule has 0 aliphatic heterocycles. The molecule has 1 N–H and O–H groups in total. The first kappa shape index (κ1) is 14.4. The smallest absolute Gasteiger partial charge is 0.180 e. The first-order valence-corrected chi connectivity index (χ1v) is 7.64. The first-order chi connectivity index (χ1) is 11.6. The lowest BCUT2D eigenvalue weighted by Crippen LogP contribution is -2.01. The molecule has 0 aliphatic carbocycles. The number of nitrogens with one attached hydrogen (secondary N) is 1. The number of aryl methyl sites for hydroxylation is 3. The minimum atomic E-state index is 0.696. The Kier molecular flexibility index (Phi) is 3.26. The van der Waals surface area contributed by atoms with Crippen molar-refractivity contribution in [2.45, 2.75) is 13.8 Å². The van der Waals surface area contributed by atoms with Crippen LogP contribution in [0, 0.1) is 13.8 Å². The van der Waals surface area contributed by atoms with Gasteiger partial charge in [0, 0.05) is 36.9 Å². The fraction of sp³-hybridized carbons (Fsp3) is 0.176. The van der Waals surface area contributed by atoms with E-state index < -0.39 is 0 Å². The minimum absolute atomic E-state index is 0.696. The number of imidazole rings is 1. The Morgan fingerprint density at radius 3 is 2.71 bits per heavy atom. The molecule has 120 valence electrons. The van der Waals surface area contributed by atoms with E-state index in [2.05, 4.69) is 25.4 Å². The maximum Gasteiger partial charge on any atom is 0.180 e. The van der Waals surface area contributed by atoms with Gasteiger partial charge in [0.2, 0.25) is 0 Å². The van der Waals surface area contributed by atoms with Crippen LogP contribution < -0.4 is 5.32 Å². The highest BCUT2D eigenvalue weighted by Gasteiger charge is 2.12. The SMILES string of the molecule is Cc1ccc(Nc2nccn3c(-c4cnn(C)c4)cnc23)c(C)n1. The number of anilines is 2. The van der Waals surface area contributed by atoms with Gasteiger partial charge in [-0.25, -0.2) is 9.97 Å². The van der Waals surface area contributed by atoms with Gasteiger partial charge < -0.3 is 5.32 Å². The van der Waals surface area contributed by atoms with Crippen molar-refractivity contribution >= 4 is 17.2 Å². The molecular weight excluding hydrogens is 302 g/mol. The van der Waals surface area contributed by atoms with Crippen LogP contribution >= 0.6 is 0 Å². The highest BCUT2D eigenvalue weighted by Crippen LogP contribution is 2.25. The second-order valence-corrected chi connectivity index (χ2v) is 5.73. The van der Waals surface area contributed by atoms with Crippen molar-refractivity contribution in [2.75, 3.05) is 5.32 Å². The van der Waals surface area contributed by atoms with Gasteiger partial charge in [0.05, 0.1) is 29.5 Å². The number of fused-ring (bicyclic) bond motifs is 1. The van der Waals surface area contributed by atoms with E-state index in [0.29, 0.717) is 5.82 Å². The minimum Gasteiger partial charge on any atom is -0.336 e. The topological polar surface area (TPSA) is 72.9 Å². The third-order valence-electron chi connectivity index (χ3n) is 3.91. The van der Waals surface area contributed by atoms with Crippen LogP contribution in [0.4, 0.5) is 11.5 Å². The van der Waals surface area contributed by atoms with Crippen molar-refractivity contribution in [2.24, 2.45) is 7.05 Å². The average molecular weight is 319 g/mol. The monoisotopic (exact) mass is 319 g/mol. The molecule has 0 saturated heterocycles. The molecular formula is C17H17N7. The predicted molar refractivity (Wildman–Crippen MR) is 92.2 cm³/mol. The molecule has 4 heterocycles. The molecule has 0 atom stereocenters. The van der Waals surface area contributed by atoms with Gasteiger partial charge in [-0.15, -0.1) is 0 Å². The van der Waals surface area contributed by atoms with Crippen LogP contribution in [0.1, 0.15) is 11.4 Å². The molecule has 0 aliphatic rings. The molecule has 0 amide bonds. The first-order valence-electron chi connectivity index (χ1n) is 7.64. The van der Waals surface area contributed by atoms with Crippen molar-refractivity contribution in [1.82, 2.24) is 29.1 Å². The highest BCUT2D eigenvalue weighted by atomic mass is 15.2. The Bertz CT molecular complexity index is 1030. The van der Waals surface area contributed by atoms with Crippen LogP contribution in [-0.4, -0.2) is 29.1 Å². The van der Waals surface area contributed by atoms with Gasteiger partial charge in [-0.1, -0.05) is 0 Å². The lowest BCUT2D eigenvalue weighted by molar-refractivity contribution is 0.768. The van der Waals surface area contributed by atoms with Gasteiger partial charge in [-0.3, -0.25) is 14.1 Å². The number of pyridine rings is 1. The molecule has 4 rings (SSSR count). The van der Waals surface area contributed by atoms with E-state index in [1.165, 1.54) is 0 Å². The fourth-order valence-corrected chi connectivity index (χ4v) is 2.72. The van der Waals surface area contributed by atoms with Crippen molar-refractivity contribution in [3.05, 3.63) is 54.5 Å². The molecule has 4 aromatic heterocycles. The molecule has 7 heteroatoms. The number of hydrogen-bond donors (Lipinski definition) is 1. The third kappa shape index (κ3) is 2.40. The zero-order valence-electron chi connectivity index (χ0n) is 13.7. The molecule has 0 fully saturated rings. The zero-order chi connectivity index (χ0) is 16.7. The van der Waals surface area contributed by atoms with Crippen LogP contribution in [0.25, 0.3) is 16.9 Å². The Balaban J connectivity index is 1.78. The van der Waals surface area contributed by atoms with Crippen LogP contribution in [0.5, 0.6) is 0 Å². The number of rotatable bonds is 3. The van der Waals surface area contributed by atoms with Gasteiger partial charge in [-0.05, 0) is 26.0 Å². The molecule has 0 spiro atoms. The maximum atomic E-state index is 4.53. The highest BCUT2D eigenvalue weighted by molar-refractivity contribution is 5.74. The summed E-state index contributed by atoms with van der Waals surface area (Å²) in [6.07, 6.45) is 9.28. The normalized spacial score (nSPS) is 11.1. The predicted octanol–water partition coefficient (Wildman–Crippen LogP) is 2.89. The van der Waals surface area contributed by atoms with E-state index in [4.69, 9.17) is 0 Å². The van der Waals surface area contributed by atoms with Gasteiger partial charge >= 0.3 is 0 Å². The Morgan fingerprint density at radius 1 is 1.08 bits per heavy atom. The summed E-state index contributed by atoms with van der Waals surface area (Å²) in [5.74, 6) is 0.696. The second kappa shape index (κ2) is 5.45. The van der Waals surface area contributed by atoms with Gasteiger partial charge in [-0.2, -0.15) is 5.10 Å². The van der Waals surface area contributed by atoms with E-state index in [1.54, 1.807) is 10.9 Å². The van der Waals surface area contributed by atoms with Crippen molar-refractivity contribution < 1.29 is 0 Å². The van der Waals surface area contributed by atoms with Crippen molar-refractivity contribution in [3.63, 3.8) is 0 Å². The van der Waals surface area contributed by atoms with Crippen LogP contribution in [0.15, 0.2) is 43.1 Å². The van der Waals surface area contributed by atoms with Crippen LogP contribution in [-0.2, 0) is 7.05 Å². The molecule has 0 radical (unpaired) electrons. The molecule has 0 unspecified atom stereocenters. The third-order valence-corrected chi connectivity index (χ3v) is 3.91. The standard InChI is InChI=1S/C17H17N7/c1-11-4-5-14(12(2)21-11)22-16-17-19-9-15(24(17)7-6-18-16)13-8-20-23(3)10-13/h4-10H,1-3H3,(H,18,22). The molecule has 24 heavy (non-hydrogen) atoms. The summed E-state index contributed by atoms with van der Waals surface area (Å²) in [4.78, 5) is 13.4. The van der Waals surface area contributed by atoms with Crippen molar-refractivity contribution in [3.8, 4) is 11.3 Å². The van der Waals surface area contributed by atoms with E-state index in [9.17, 15) is 0 Å². The quantitative estimate of drug-likeness (QED) is 0.628. The summed E-state index contributed by atoms with van der Waals surface area (Å²) in [5.41, 5.74) is 5.59. The zero-order valence-corrected chi connectivity index (χ0v) is 13.7. The summed E-state index contributed by atoms with van der Waals surface area (Å²) >= 11 is 0. The van der Waals surface area contributed by atoms with Gasteiger partial charge in [0.1, 0.15) is 0 Å². The maximum absolute atomic E-state index is 4.53. The largest absolute Gasteiger partial charge is 0.336 e. The molecule has 4 aromatic rings. The van der Waals surface area contributed by atoms with Crippen molar-refractivity contribution in [1.29, 1.82) is 0 Å². The van der Waals surface area contributed by atoms with Crippen LogP contribution in [0.3, 0.4) is 0 Å². The molecule has 0 aromatic carbocycles. The van der Waals surface area contributed by atoms with E-state index in [1.807, 2.05) is 62.2 Å². The lowest BCUT2D eigenvalue weighted by Gasteiger charge is -2.10. The number of aromatic nitrogens is 6. The van der Waals surface area contributed by atoms with E-state index in [0.717, 1.165) is 34.0 Å². The summed E-state index contributed by atoms with van der Waals surface area (Å²) in [6.45, 7) is 3.95. The summed E-state index contributed by atoms with van der Waals surface area (Å²) in [5, 5.41) is 7.56. The number of nitrogens with zero attached hydrogens (tertiary/aromatic N) is 6. The van der Waals surface area contributed by atoms with E-state index in [-0.39, 0.29) is 0 Å². The number of hydrogen-bond acceptors (Lipinski definition) is 5. The lowest BCUT2D eigenvalue weighted by atomic mass is 10.2. The van der Waals surface area contributed by atoms with Gasteiger partial charge in [0.25, 0.3) is 0 Å². The fourth-order valence-electron chi connectivity index (χ4n) is 2.72. The van der Waals surface area contributed by atoms with E-state index >= 15 is 0 Å². The Hall–Kier alpha value is -3.22. The Labute approximate surface area is 139 Å². The summed E-state index contributed by atoms with van der Waals surface area (Å²) < 4.78 is 3.78. The second-order valence-electron chi connectivity index (χ2n) is 5.73. The Morgan fingerprint density at radius 2 is 1.96 bits per heavy atom.